The summed E-state index contributed by atoms with van der Waals surface area (Å²) in [7, 11) is 0. The average Bonchev–Trinajstić information content (AvgIpc) is 2.08. The van der Waals surface area contributed by atoms with Crippen molar-refractivity contribution in [2.75, 3.05) is 5.88 Å². The number of nitrogens with zero attached hydrogens (tertiary/aromatic N) is 1. The molecule has 0 aliphatic rings. The van der Waals surface area contributed by atoms with Crippen LogP contribution in [0.1, 0.15) is 11.7 Å². The quantitative estimate of drug-likeness (QED) is 0.662. The fourth-order valence-corrected chi connectivity index (χ4v) is 1.58. The maximum atomic E-state index is 9.39. The minimum Gasteiger partial charge on any atom is -0.387 e. The van der Waals surface area contributed by atoms with Crippen LogP contribution in [0, 0.1) is 0 Å². The van der Waals surface area contributed by atoms with Crippen molar-refractivity contribution >= 4 is 39.1 Å². The molecule has 0 aromatic carbocycles. The van der Waals surface area contributed by atoms with Crippen LogP contribution in [-0.2, 0) is 0 Å². The Hall–Kier alpha value is 0.170. The highest BCUT2D eigenvalue weighted by Gasteiger charge is 2.10. The Kier molecular flexibility index (Phi) is 3.77. The number of rotatable bonds is 2. The molecule has 5 heteroatoms. The topological polar surface area (TPSA) is 33.1 Å². The van der Waals surface area contributed by atoms with Crippen LogP contribution >= 0.6 is 39.1 Å². The molecular weight excluding hydrogens is 265 g/mol. The molecule has 0 aliphatic heterocycles. The first-order chi connectivity index (χ1) is 5.65. The van der Waals surface area contributed by atoms with E-state index in [9.17, 15) is 5.11 Å². The lowest BCUT2D eigenvalue weighted by molar-refractivity contribution is 0.202. The maximum Gasteiger partial charge on any atom is 0.129 e. The monoisotopic (exact) mass is 269 g/mol. The Labute approximate surface area is 88.6 Å². The number of alkyl halides is 1. The minimum atomic E-state index is -0.707. The Balaban J connectivity index is 3.04. The van der Waals surface area contributed by atoms with E-state index in [2.05, 4.69) is 20.9 Å². The van der Waals surface area contributed by atoms with Crippen LogP contribution in [-0.4, -0.2) is 16.0 Å². The first-order valence-electron chi connectivity index (χ1n) is 3.20. The molecule has 0 aliphatic carbocycles. The first kappa shape index (κ1) is 10.3. The van der Waals surface area contributed by atoms with Gasteiger partial charge in [0.25, 0.3) is 0 Å². The fourth-order valence-electron chi connectivity index (χ4n) is 0.766. The number of aliphatic hydroxyl groups is 1. The summed E-state index contributed by atoms with van der Waals surface area (Å²) in [4.78, 5) is 3.82. The molecule has 1 heterocycles. The Morgan fingerprint density at radius 1 is 1.67 bits per heavy atom. The zero-order valence-electron chi connectivity index (χ0n) is 5.97. The number of hydrogen-bond acceptors (Lipinski definition) is 2. The van der Waals surface area contributed by atoms with E-state index in [0.717, 1.165) is 0 Å². The molecule has 1 atom stereocenters. The van der Waals surface area contributed by atoms with E-state index in [1.165, 1.54) is 6.20 Å². The Morgan fingerprint density at radius 2 is 2.33 bits per heavy atom. The third-order valence-electron chi connectivity index (χ3n) is 1.36. The SMILES string of the molecule is OC(CCl)c1cc(Cl)ncc1Br. The fraction of sp³-hybridized carbons (Fsp3) is 0.286. The van der Waals surface area contributed by atoms with E-state index < -0.39 is 6.10 Å². The summed E-state index contributed by atoms with van der Waals surface area (Å²) in [5.74, 6) is 0.138. The van der Waals surface area contributed by atoms with Gasteiger partial charge in [0.2, 0.25) is 0 Å². The number of hydrogen-bond donors (Lipinski definition) is 1. The summed E-state index contributed by atoms with van der Waals surface area (Å²) in [5, 5.41) is 9.73. The van der Waals surface area contributed by atoms with E-state index in [1.807, 2.05) is 0 Å². The van der Waals surface area contributed by atoms with Crippen molar-refractivity contribution < 1.29 is 5.11 Å². The van der Waals surface area contributed by atoms with Gasteiger partial charge in [0.05, 0.1) is 12.0 Å². The summed E-state index contributed by atoms with van der Waals surface area (Å²) in [6.07, 6.45) is 0.828. The van der Waals surface area contributed by atoms with Gasteiger partial charge in [-0.05, 0) is 22.0 Å². The molecule has 66 valence electrons. The van der Waals surface area contributed by atoms with Gasteiger partial charge in [-0.2, -0.15) is 0 Å². The first-order valence-corrected chi connectivity index (χ1v) is 4.90. The number of pyridine rings is 1. The predicted molar refractivity (Wildman–Crippen MR) is 52.6 cm³/mol. The third-order valence-corrected chi connectivity index (χ3v) is 2.52. The zero-order chi connectivity index (χ0) is 9.14. The van der Waals surface area contributed by atoms with E-state index in [4.69, 9.17) is 23.2 Å². The molecule has 0 saturated carbocycles. The lowest BCUT2D eigenvalue weighted by atomic mass is 10.2. The standard InChI is InChI=1S/C7H6BrCl2NO/c8-5-3-11-7(10)1-4(5)6(12)2-9/h1,3,6,12H,2H2. The van der Waals surface area contributed by atoms with Crippen molar-refractivity contribution in [2.45, 2.75) is 6.10 Å². The second kappa shape index (κ2) is 4.42. The van der Waals surface area contributed by atoms with Gasteiger partial charge in [0.1, 0.15) is 5.15 Å². The van der Waals surface area contributed by atoms with Crippen molar-refractivity contribution in [3.8, 4) is 0 Å². The predicted octanol–water partition coefficient (Wildman–Crippen LogP) is 2.77. The smallest absolute Gasteiger partial charge is 0.129 e. The van der Waals surface area contributed by atoms with Gasteiger partial charge in [-0.3, -0.25) is 0 Å². The van der Waals surface area contributed by atoms with Crippen molar-refractivity contribution in [2.24, 2.45) is 0 Å². The summed E-state index contributed by atoms with van der Waals surface area (Å²) < 4.78 is 0.708. The number of aliphatic hydroxyl groups excluding tert-OH is 1. The maximum absolute atomic E-state index is 9.39. The molecule has 2 nitrogen and oxygen atoms in total. The second-order valence-electron chi connectivity index (χ2n) is 2.20. The van der Waals surface area contributed by atoms with E-state index in [-0.39, 0.29) is 5.88 Å². The molecule has 0 radical (unpaired) electrons. The van der Waals surface area contributed by atoms with Crippen LogP contribution in [0.5, 0.6) is 0 Å². The normalized spacial score (nSPS) is 13.0. The molecule has 1 rings (SSSR count). The van der Waals surface area contributed by atoms with Crippen molar-refractivity contribution in [1.29, 1.82) is 0 Å². The lowest BCUT2D eigenvalue weighted by Gasteiger charge is -2.08. The van der Waals surface area contributed by atoms with Crippen LogP contribution in [0.3, 0.4) is 0 Å². The Morgan fingerprint density at radius 3 is 2.92 bits per heavy atom. The van der Waals surface area contributed by atoms with Gasteiger partial charge in [0, 0.05) is 16.2 Å². The highest BCUT2D eigenvalue weighted by atomic mass is 79.9. The second-order valence-corrected chi connectivity index (χ2v) is 3.75. The van der Waals surface area contributed by atoms with Crippen molar-refractivity contribution in [3.63, 3.8) is 0 Å². The van der Waals surface area contributed by atoms with Gasteiger partial charge >= 0.3 is 0 Å². The van der Waals surface area contributed by atoms with Crippen LogP contribution in [0.4, 0.5) is 0 Å². The molecule has 1 unspecified atom stereocenters. The van der Waals surface area contributed by atoms with Crippen LogP contribution in [0.2, 0.25) is 5.15 Å². The van der Waals surface area contributed by atoms with E-state index in [0.29, 0.717) is 15.2 Å². The molecular formula is C7H6BrCl2NO. The van der Waals surface area contributed by atoms with Crippen LogP contribution < -0.4 is 0 Å². The Bertz CT molecular complexity index is 282. The minimum absolute atomic E-state index is 0.138. The lowest BCUT2D eigenvalue weighted by Crippen LogP contribution is -2.00. The summed E-state index contributed by atoms with van der Waals surface area (Å²) in [6, 6.07) is 1.58. The molecule has 0 bridgehead atoms. The van der Waals surface area contributed by atoms with Gasteiger partial charge in [-0.25, -0.2) is 4.98 Å². The molecule has 1 aromatic rings. The molecule has 0 saturated heterocycles. The molecule has 0 amide bonds. The highest BCUT2D eigenvalue weighted by molar-refractivity contribution is 9.10. The van der Waals surface area contributed by atoms with Gasteiger partial charge < -0.3 is 5.11 Å². The van der Waals surface area contributed by atoms with E-state index >= 15 is 0 Å². The number of aromatic nitrogens is 1. The van der Waals surface area contributed by atoms with Gasteiger partial charge in [-0.15, -0.1) is 11.6 Å². The zero-order valence-corrected chi connectivity index (χ0v) is 9.07. The van der Waals surface area contributed by atoms with Crippen LogP contribution in [0.15, 0.2) is 16.7 Å². The largest absolute Gasteiger partial charge is 0.387 e. The third kappa shape index (κ3) is 2.33. The van der Waals surface area contributed by atoms with Gasteiger partial charge in [-0.1, -0.05) is 11.6 Å². The van der Waals surface area contributed by atoms with Gasteiger partial charge in [0.15, 0.2) is 0 Å². The molecule has 1 aromatic heterocycles. The average molecular weight is 271 g/mol. The van der Waals surface area contributed by atoms with Crippen molar-refractivity contribution in [3.05, 3.63) is 27.5 Å². The molecule has 0 spiro atoms. The molecule has 12 heavy (non-hydrogen) atoms. The summed E-state index contributed by atoms with van der Waals surface area (Å²) in [5.41, 5.74) is 0.657. The van der Waals surface area contributed by atoms with E-state index in [1.54, 1.807) is 6.07 Å². The van der Waals surface area contributed by atoms with Crippen molar-refractivity contribution in [1.82, 2.24) is 4.98 Å². The molecule has 1 N–H and O–H groups in total. The molecule has 0 fully saturated rings. The number of halogens is 3. The summed E-state index contributed by atoms with van der Waals surface area (Å²) >= 11 is 14.3. The van der Waals surface area contributed by atoms with Crippen LogP contribution in [0.25, 0.3) is 0 Å². The summed E-state index contributed by atoms with van der Waals surface area (Å²) in [6.45, 7) is 0. The highest BCUT2D eigenvalue weighted by Crippen LogP contribution is 2.25.